The van der Waals surface area contributed by atoms with E-state index < -0.39 is 17.9 Å². The van der Waals surface area contributed by atoms with Gasteiger partial charge in [-0.1, -0.05) is 18.2 Å². The molecule has 2 N–H and O–H groups in total. The quantitative estimate of drug-likeness (QED) is 0.692. The van der Waals surface area contributed by atoms with Crippen molar-refractivity contribution < 1.29 is 23.4 Å². The van der Waals surface area contributed by atoms with Crippen LogP contribution in [0.3, 0.4) is 0 Å². The summed E-state index contributed by atoms with van der Waals surface area (Å²) >= 11 is 0. The molecule has 0 heterocycles. The Hall–Kier alpha value is -0.810. The molecule has 5 heteroatoms. The summed E-state index contributed by atoms with van der Waals surface area (Å²) in [7, 11) is 0. The minimum Gasteiger partial charge on any atom is -0.379 e. The van der Waals surface area contributed by atoms with Crippen LogP contribution in [-0.4, -0.2) is 28.1 Å². The molecule has 0 fully saturated rings. The first-order valence-corrected chi connectivity index (χ1v) is 3.66. The topological polar surface area (TPSA) is 40.5 Å². The van der Waals surface area contributed by atoms with Gasteiger partial charge in [-0.05, 0) is 6.08 Å². The lowest BCUT2D eigenvalue weighted by molar-refractivity contribution is -0.267. The van der Waals surface area contributed by atoms with Gasteiger partial charge in [0.2, 0.25) is 0 Å². The lowest BCUT2D eigenvalue weighted by Gasteiger charge is -2.34. The largest absolute Gasteiger partial charge is 0.379 e. The van der Waals surface area contributed by atoms with Gasteiger partial charge in [-0.25, -0.2) is 13.2 Å². The van der Waals surface area contributed by atoms with E-state index in [9.17, 15) is 18.3 Å². The van der Waals surface area contributed by atoms with Crippen molar-refractivity contribution >= 4 is 0 Å². The monoisotopic (exact) mass is 194 g/mol. The third-order valence-corrected chi connectivity index (χ3v) is 1.94. The molecule has 0 saturated heterocycles. The van der Waals surface area contributed by atoms with Crippen LogP contribution in [0.2, 0.25) is 0 Å². The molecule has 0 aromatic rings. The first-order chi connectivity index (χ1) is 5.90. The highest BCUT2D eigenvalue weighted by Gasteiger charge is 2.55. The number of aliphatic hydroxyl groups is 2. The molecule has 0 radical (unpaired) electrons. The number of hydrogen-bond donors (Lipinski definition) is 2. The van der Waals surface area contributed by atoms with Crippen molar-refractivity contribution in [2.24, 2.45) is 0 Å². The summed E-state index contributed by atoms with van der Waals surface area (Å²) < 4.78 is 37.0. The fourth-order valence-corrected chi connectivity index (χ4v) is 1.06. The van der Waals surface area contributed by atoms with E-state index in [0.29, 0.717) is 0 Å². The molecular formula is C8H9F3O2. The second kappa shape index (κ2) is 3.16. The van der Waals surface area contributed by atoms with Gasteiger partial charge in [-0.15, -0.1) is 0 Å². The summed E-state index contributed by atoms with van der Waals surface area (Å²) in [6, 6.07) is 0. The Bertz CT molecular complexity index is 248. The van der Waals surface area contributed by atoms with E-state index in [2.05, 4.69) is 0 Å². The van der Waals surface area contributed by atoms with Gasteiger partial charge in [0.1, 0.15) is 0 Å². The van der Waals surface area contributed by atoms with Gasteiger partial charge in [-0.3, -0.25) is 0 Å². The Balaban J connectivity index is 2.92. The molecule has 1 aliphatic rings. The summed E-state index contributed by atoms with van der Waals surface area (Å²) in [6.45, 7) is 0. The zero-order valence-corrected chi connectivity index (χ0v) is 6.62. The van der Waals surface area contributed by atoms with Gasteiger partial charge < -0.3 is 10.2 Å². The molecule has 0 amide bonds. The van der Waals surface area contributed by atoms with E-state index in [-0.39, 0.29) is 6.42 Å². The summed E-state index contributed by atoms with van der Waals surface area (Å²) in [5.41, 5.74) is -2.53. The van der Waals surface area contributed by atoms with Crippen LogP contribution in [0, 0.1) is 0 Å². The molecule has 0 unspecified atom stereocenters. The van der Waals surface area contributed by atoms with Gasteiger partial charge in [0.25, 0.3) is 6.43 Å². The molecule has 1 aliphatic carbocycles. The van der Waals surface area contributed by atoms with Crippen molar-refractivity contribution in [2.75, 3.05) is 0 Å². The summed E-state index contributed by atoms with van der Waals surface area (Å²) in [4.78, 5) is 0. The van der Waals surface area contributed by atoms with E-state index in [4.69, 9.17) is 5.11 Å². The van der Waals surface area contributed by atoms with Crippen LogP contribution >= 0.6 is 0 Å². The predicted octanol–water partition coefficient (Wildman–Crippen LogP) is 1.16. The lowest BCUT2D eigenvalue weighted by atomic mass is 9.87. The van der Waals surface area contributed by atoms with Gasteiger partial charge in [0.05, 0.1) is 0 Å². The number of halogens is 3. The van der Waals surface area contributed by atoms with Crippen LogP contribution in [-0.2, 0) is 0 Å². The molecule has 0 bridgehead atoms. The summed E-state index contributed by atoms with van der Waals surface area (Å²) in [5, 5.41) is 18.1. The van der Waals surface area contributed by atoms with Gasteiger partial charge in [0.15, 0.2) is 5.60 Å². The number of rotatable bonds is 2. The maximum atomic E-state index is 13.0. The zero-order valence-electron chi connectivity index (χ0n) is 6.62. The van der Waals surface area contributed by atoms with E-state index in [0.717, 1.165) is 6.08 Å². The second-order valence-electron chi connectivity index (χ2n) is 2.89. The van der Waals surface area contributed by atoms with Crippen molar-refractivity contribution in [3.63, 3.8) is 0 Å². The third-order valence-electron chi connectivity index (χ3n) is 1.94. The maximum absolute atomic E-state index is 13.0. The van der Waals surface area contributed by atoms with Crippen molar-refractivity contribution in [2.45, 2.75) is 24.3 Å². The maximum Gasteiger partial charge on any atom is 0.300 e. The van der Waals surface area contributed by atoms with Crippen LogP contribution in [0.25, 0.3) is 0 Å². The second-order valence-corrected chi connectivity index (χ2v) is 2.89. The predicted molar refractivity (Wildman–Crippen MR) is 39.9 cm³/mol. The average Bonchev–Trinajstić information content (AvgIpc) is 2.05. The number of allylic oxidation sites excluding steroid dienone is 2. The van der Waals surface area contributed by atoms with E-state index >= 15 is 0 Å². The standard InChI is InChI=1S/C8H9F3O2/c9-6(10)8(11,13)7(12)4-2-1-3-5-7/h1-4,6,12-13H,5H2/t7-,8-/m0/s1. The minimum absolute atomic E-state index is 0.374. The Labute approximate surface area is 73.0 Å². The molecule has 0 aromatic heterocycles. The first kappa shape index (κ1) is 10.3. The zero-order chi connectivity index (χ0) is 10.1. The molecule has 2 nitrogen and oxygen atoms in total. The molecule has 2 atom stereocenters. The first-order valence-electron chi connectivity index (χ1n) is 3.66. The highest BCUT2D eigenvalue weighted by atomic mass is 19.3. The van der Waals surface area contributed by atoms with E-state index in [1.54, 1.807) is 0 Å². The molecule has 0 saturated carbocycles. The highest BCUT2D eigenvalue weighted by Crippen LogP contribution is 2.35. The average molecular weight is 194 g/mol. The number of hydrogen-bond acceptors (Lipinski definition) is 2. The van der Waals surface area contributed by atoms with Crippen molar-refractivity contribution in [3.8, 4) is 0 Å². The fourth-order valence-electron chi connectivity index (χ4n) is 1.06. The van der Waals surface area contributed by atoms with E-state index in [1.165, 1.54) is 18.2 Å². The molecule has 74 valence electrons. The smallest absolute Gasteiger partial charge is 0.300 e. The Morgan fingerprint density at radius 3 is 2.38 bits per heavy atom. The van der Waals surface area contributed by atoms with Gasteiger partial charge in [-0.2, -0.15) is 0 Å². The van der Waals surface area contributed by atoms with Crippen LogP contribution in [0.1, 0.15) is 6.42 Å². The molecule has 1 rings (SSSR count). The Kier molecular flexibility index (Phi) is 2.49. The SMILES string of the molecule is O[C@@]1([C@](O)(F)C(F)F)C=CC=CC1. The molecule has 0 spiro atoms. The van der Waals surface area contributed by atoms with Gasteiger partial charge in [0, 0.05) is 6.42 Å². The van der Waals surface area contributed by atoms with E-state index in [1.807, 2.05) is 0 Å². The van der Waals surface area contributed by atoms with Crippen molar-refractivity contribution in [1.82, 2.24) is 0 Å². The molecular weight excluding hydrogens is 185 g/mol. The third kappa shape index (κ3) is 1.62. The highest BCUT2D eigenvalue weighted by molar-refractivity contribution is 5.22. The van der Waals surface area contributed by atoms with Crippen molar-refractivity contribution in [3.05, 3.63) is 24.3 Å². The summed E-state index contributed by atoms with van der Waals surface area (Å²) in [5.74, 6) is -3.91. The van der Waals surface area contributed by atoms with Crippen LogP contribution in [0.4, 0.5) is 13.2 Å². The minimum atomic E-state index is -3.91. The van der Waals surface area contributed by atoms with Gasteiger partial charge >= 0.3 is 5.85 Å². The Morgan fingerprint density at radius 2 is 2.00 bits per heavy atom. The normalized spacial score (nSPS) is 32.2. The number of alkyl halides is 3. The lowest BCUT2D eigenvalue weighted by Crippen LogP contribution is -2.54. The molecule has 0 aromatic carbocycles. The summed E-state index contributed by atoms with van der Waals surface area (Å²) in [6.07, 6.45) is 0.771. The van der Waals surface area contributed by atoms with Crippen LogP contribution in [0.5, 0.6) is 0 Å². The van der Waals surface area contributed by atoms with Crippen LogP contribution < -0.4 is 0 Å². The van der Waals surface area contributed by atoms with Crippen molar-refractivity contribution in [1.29, 1.82) is 0 Å². The van der Waals surface area contributed by atoms with Crippen LogP contribution in [0.15, 0.2) is 24.3 Å². The fraction of sp³-hybridized carbons (Fsp3) is 0.500. The molecule has 13 heavy (non-hydrogen) atoms. The molecule has 0 aliphatic heterocycles. The Morgan fingerprint density at radius 1 is 1.38 bits per heavy atom.